The van der Waals surface area contributed by atoms with E-state index < -0.39 is 5.82 Å². The Bertz CT molecular complexity index is 247. The van der Waals surface area contributed by atoms with E-state index in [-0.39, 0.29) is 10.4 Å². The SMILES string of the molecule is CCI.Oc1cc(Br)c(F)cn1. The van der Waals surface area contributed by atoms with E-state index in [0.29, 0.717) is 0 Å². The Morgan fingerprint density at radius 2 is 2.25 bits per heavy atom. The molecule has 0 atom stereocenters. The lowest BCUT2D eigenvalue weighted by atomic mass is 10.5. The van der Waals surface area contributed by atoms with Crippen LogP contribution in [0.1, 0.15) is 6.92 Å². The van der Waals surface area contributed by atoms with Crippen molar-refractivity contribution in [2.75, 3.05) is 4.43 Å². The van der Waals surface area contributed by atoms with Crippen LogP contribution < -0.4 is 0 Å². The zero-order chi connectivity index (χ0) is 9.56. The van der Waals surface area contributed by atoms with Gasteiger partial charge in [-0.3, -0.25) is 0 Å². The first-order valence-corrected chi connectivity index (χ1v) is 5.49. The van der Waals surface area contributed by atoms with Crippen LogP contribution in [0, 0.1) is 5.82 Å². The quantitative estimate of drug-likeness (QED) is 0.577. The van der Waals surface area contributed by atoms with Gasteiger partial charge in [0.05, 0.1) is 10.7 Å². The van der Waals surface area contributed by atoms with Crippen LogP contribution in [-0.4, -0.2) is 14.5 Å². The Labute approximate surface area is 92.5 Å². The molecule has 0 unspecified atom stereocenters. The summed E-state index contributed by atoms with van der Waals surface area (Å²) >= 11 is 5.16. The molecule has 0 fully saturated rings. The van der Waals surface area contributed by atoms with Gasteiger partial charge in [-0.25, -0.2) is 9.37 Å². The number of hydrogen-bond acceptors (Lipinski definition) is 2. The lowest BCUT2D eigenvalue weighted by Gasteiger charge is -1.91. The maximum atomic E-state index is 12.3. The molecule has 12 heavy (non-hydrogen) atoms. The summed E-state index contributed by atoms with van der Waals surface area (Å²) in [6.45, 7) is 2.11. The molecule has 0 aliphatic carbocycles. The van der Waals surface area contributed by atoms with E-state index in [9.17, 15) is 4.39 Å². The summed E-state index contributed by atoms with van der Waals surface area (Å²) in [6.07, 6.45) is 0.944. The maximum absolute atomic E-state index is 12.3. The van der Waals surface area contributed by atoms with Crippen LogP contribution in [0.15, 0.2) is 16.7 Å². The monoisotopic (exact) mass is 347 g/mol. The van der Waals surface area contributed by atoms with Crippen LogP contribution in [0.25, 0.3) is 0 Å². The van der Waals surface area contributed by atoms with Gasteiger partial charge in [-0.15, -0.1) is 0 Å². The molecule has 1 rings (SSSR count). The van der Waals surface area contributed by atoms with Crippen molar-refractivity contribution in [3.63, 3.8) is 0 Å². The van der Waals surface area contributed by atoms with E-state index in [2.05, 4.69) is 50.4 Å². The molecule has 0 saturated heterocycles. The summed E-state index contributed by atoms with van der Waals surface area (Å²) in [5.74, 6) is -0.670. The molecule has 0 amide bonds. The fraction of sp³-hybridized carbons (Fsp3) is 0.286. The number of halogens is 3. The van der Waals surface area contributed by atoms with Gasteiger partial charge >= 0.3 is 0 Å². The molecule has 1 aromatic heterocycles. The molecule has 5 heteroatoms. The van der Waals surface area contributed by atoms with E-state index >= 15 is 0 Å². The van der Waals surface area contributed by atoms with Gasteiger partial charge in [0.25, 0.3) is 0 Å². The minimum atomic E-state index is -0.479. The number of aromatic hydroxyl groups is 1. The smallest absolute Gasteiger partial charge is 0.212 e. The topological polar surface area (TPSA) is 33.1 Å². The summed E-state index contributed by atoms with van der Waals surface area (Å²) in [4.78, 5) is 3.29. The molecule has 1 aromatic rings. The fourth-order valence-corrected chi connectivity index (χ4v) is 0.711. The van der Waals surface area contributed by atoms with Crippen molar-refractivity contribution >= 4 is 38.5 Å². The Kier molecular flexibility index (Phi) is 6.64. The zero-order valence-electron chi connectivity index (χ0n) is 6.39. The average Bonchev–Trinajstić information content (AvgIpc) is 1.99. The first-order chi connectivity index (χ1) is 5.61. The third-order valence-electron chi connectivity index (χ3n) is 0.794. The second-order valence-corrected chi connectivity index (χ2v) is 4.10. The second kappa shape index (κ2) is 6.59. The zero-order valence-corrected chi connectivity index (χ0v) is 10.1. The number of alkyl halides is 1. The standard InChI is InChI=1S/C5H3BrFNO.C2H5I/c6-3-1-5(9)8-2-4(3)7;1-2-3/h1-2H,(H,8,9);2H2,1H3. The number of rotatable bonds is 0. The van der Waals surface area contributed by atoms with Crippen LogP contribution in [-0.2, 0) is 0 Å². The van der Waals surface area contributed by atoms with Gasteiger partial charge in [-0.2, -0.15) is 0 Å². The highest BCUT2D eigenvalue weighted by atomic mass is 127. The molecule has 0 spiro atoms. The Hall–Kier alpha value is 0.0900. The van der Waals surface area contributed by atoms with E-state index in [1.165, 1.54) is 10.5 Å². The number of nitrogens with zero attached hydrogens (tertiary/aromatic N) is 1. The number of hydrogen-bond donors (Lipinski definition) is 1. The third kappa shape index (κ3) is 4.87. The third-order valence-corrected chi connectivity index (χ3v) is 1.40. The fourth-order valence-electron chi connectivity index (χ4n) is 0.404. The second-order valence-electron chi connectivity index (χ2n) is 1.72. The summed E-state index contributed by atoms with van der Waals surface area (Å²) in [6, 6.07) is 1.19. The number of pyridine rings is 1. The first kappa shape index (κ1) is 12.1. The summed E-state index contributed by atoms with van der Waals surface area (Å²) in [7, 11) is 0. The molecule has 1 heterocycles. The lowest BCUT2D eigenvalue weighted by Crippen LogP contribution is -1.78. The lowest BCUT2D eigenvalue weighted by molar-refractivity contribution is 0.448. The molecule has 0 aliphatic heterocycles. The highest BCUT2D eigenvalue weighted by Gasteiger charge is 1.98. The number of aromatic nitrogens is 1. The minimum Gasteiger partial charge on any atom is -0.493 e. The van der Waals surface area contributed by atoms with Crippen LogP contribution in [0.4, 0.5) is 4.39 Å². The highest BCUT2D eigenvalue weighted by molar-refractivity contribution is 14.1. The molecular weight excluding hydrogens is 340 g/mol. The normalized spacial score (nSPS) is 8.67. The predicted octanol–water partition coefficient (Wildman–Crippen LogP) is 3.13. The van der Waals surface area contributed by atoms with Crippen molar-refractivity contribution in [1.29, 1.82) is 0 Å². The van der Waals surface area contributed by atoms with Crippen LogP contribution in [0.3, 0.4) is 0 Å². The van der Waals surface area contributed by atoms with Gasteiger partial charge in [-0.05, 0) is 20.4 Å². The van der Waals surface area contributed by atoms with Gasteiger partial charge in [0, 0.05) is 6.07 Å². The highest BCUT2D eigenvalue weighted by Crippen LogP contribution is 2.17. The molecule has 0 aliphatic rings. The molecular formula is C7H8BrFINO. The Balaban J connectivity index is 0.000000354. The van der Waals surface area contributed by atoms with E-state index in [0.717, 1.165) is 6.20 Å². The van der Waals surface area contributed by atoms with Gasteiger partial charge in [0.15, 0.2) is 5.82 Å². The van der Waals surface area contributed by atoms with E-state index in [1.54, 1.807) is 0 Å². The van der Waals surface area contributed by atoms with Crippen molar-refractivity contribution in [3.05, 3.63) is 22.6 Å². The molecule has 0 radical (unpaired) electrons. The van der Waals surface area contributed by atoms with Crippen molar-refractivity contribution in [2.24, 2.45) is 0 Å². The van der Waals surface area contributed by atoms with Crippen molar-refractivity contribution in [3.8, 4) is 5.88 Å². The van der Waals surface area contributed by atoms with Gasteiger partial charge in [-0.1, -0.05) is 29.5 Å². The average molecular weight is 348 g/mol. The van der Waals surface area contributed by atoms with Gasteiger partial charge in [0.1, 0.15) is 0 Å². The molecule has 68 valence electrons. The van der Waals surface area contributed by atoms with E-state index in [1.807, 2.05) is 0 Å². The maximum Gasteiger partial charge on any atom is 0.212 e. The van der Waals surface area contributed by atoms with Crippen LogP contribution >= 0.6 is 38.5 Å². The molecule has 0 bridgehead atoms. The van der Waals surface area contributed by atoms with Crippen LogP contribution in [0.5, 0.6) is 5.88 Å². The first-order valence-electron chi connectivity index (χ1n) is 3.17. The van der Waals surface area contributed by atoms with Crippen molar-refractivity contribution in [2.45, 2.75) is 6.92 Å². The minimum absolute atomic E-state index is 0.191. The summed E-state index contributed by atoms with van der Waals surface area (Å²) in [5.41, 5.74) is 0. The Morgan fingerprint density at radius 1 is 1.75 bits per heavy atom. The molecule has 2 nitrogen and oxygen atoms in total. The van der Waals surface area contributed by atoms with Crippen molar-refractivity contribution < 1.29 is 9.50 Å². The summed E-state index contributed by atoms with van der Waals surface area (Å²) in [5, 5.41) is 8.63. The van der Waals surface area contributed by atoms with Gasteiger partial charge < -0.3 is 5.11 Å². The molecule has 0 saturated carbocycles. The van der Waals surface area contributed by atoms with Gasteiger partial charge in [0.2, 0.25) is 5.88 Å². The van der Waals surface area contributed by atoms with Crippen LogP contribution in [0.2, 0.25) is 0 Å². The largest absolute Gasteiger partial charge is 0.493 e. The predicted molar refractivity (Wildman–Crippen MR) is 58.1 cm³/mol. The summed E-state index contributed by atoms with van der Waals surface area (Å²) < 4.78 is 13.7. The Morgan fingerprint density at radius 3 is 2.58 bits per heavy atom. The van der Waals surface area contributed by atoms with Crippen molar-refractivity contribution in [1.82, 2.24) is 4.98 Å². The molecule has 1 N–H and O–H groups in total. The molecule has 0 aromatic carbocycles. The van der Waals surface area contributed by atoms with E-state index in [4.69, 9.17) is 5.11 Å².